The maximum atomic E-state index is 13.4. The number of methoxy groups -OCH3 is 1. The normalized spacial score (nSPS) is 11.1. The molecule has 3 aromatic rings. The predicted molar refractivity (Wildman–Crippen MR) is 109 cm³/mol. The van der Waals surface area contributed by atoms with Crippen LogP contribution in [0, 0.1) is 17.5 Å². The number of sulfonamides is 1. The first-order valence-electron chi connectivity index (χ1n) is 8.88. The zero-order chi connectivity index (χ0) is 22.6. The van der Waals surface area contributed by atoms with Crippen molar-refractivity contribution in [1.82, 2.24) is 0 Å². The summed E-state index contributed by atoms with van der Waals surface area (Å²) in [5.74, 6) is -3.22. The zero-order valence-corrected chi connectivity index (χ0v) is 17.0. The summed E-state index contributed by atoms with van der Waals surface area (Å²) in [4.78, 5) is 12.4. The lowest BCUT2D eigenvalue weighted by Crippen LogP contribution is -2.38. The number of amides is 1. The van der Waals surface area contributed by atoms with Crippen LogP contribution in [-0.2, 0) is 14.8 Å². The van der Waals surface area contributed by atoms with E-state index in [0.29, 0.717) is 5.75 Å². The van der Waals surface area contributed by atoms with Gasteiger partial charge in [0.25, 0.3) is 10.0 Å². The van der Waals surface area contributed by atoms with Gasteiger partial charge in [-0.3, -0.25) is 9.10 Å². The van der Waals surface area contributed by atoms with Gasteiger partial charge in [0, 0.05) is 11.8 Å². The molecular weight excluding hydrogens is 433 g/mol. The molecule has 0 aliphatic carbocycles. The van der Waals surface area contributed by atoms with Gasteiger partial charge in [-0.25, -0.2) is 21.6 Å². The molecule has 0 heterocycles. The van der Waals surface area contributed by atoms with E-state index >= 15 is 0 Å². The Bertz CT molecular complexity index is 1180. The molecule has 3 aromatic carbocycles. The Labute approximate surface area is 176 Å². The molecule has 31 heavy (non-hydrogen) atoms. The third-order valence-corrected chi connectivity index (χ3v) is 6.04. The van der Waals surface area contributed by atoms with Gasteiger partial charge in [0.15, 0.2) is 11.6 Å². The summed E-state index contributed by atoms with van der Waals surface area (Å²) in [5, 5.41) is 2.32. The molecular formula is C21H17F3N2O4S. The zero-order valence-electron chi connectivity index (χ0n) is 16.2. The number of ether oxygens (including phenoxy) is 1. The molecule has 0 saturated heterocycles. The molecule has 0 spiro atoms. The molecule has 1 N–H and O–H groups in total. The highest BCUT2D eigenvalue weighted by atomic mass is 32.2. The average molecular weight is 450 g/mol. The van der Waals surface area contributed by atoms with Crippen LogP contribution in [0.15, 0.2) is 71.6 Å². The molecule has 3 rings (SSSR count). The molecule has 10 heteroatoms. The van der Waals surface area contributed by atoms with E-state index in [2.05, 4.69) is 5.32 Å². The number of hydrogen-bond donors (Lipinski definition) is 1. The quantitative estimate of drug-likeness (QED) is 0.592. The number of carbonyl (C=O) groups is 1. The van der Waals surface area contributed by atoms with Gasteiger partial charge in [0.2, 0.25) is 5.91 Å². The van der Waals surface area contributed by atoms with Crippen molar-refractivity contribution in [1.29, 1.82) is 0 Å². The molecule has 0 aromatic heterocycles. The molecule has 6 nitrogen and oxygen atoms in total. The first-order valence-corrected chi connectivity index (χ1v) is 10.3. The van der Waals surface area contributed by atoms with Crippen LogP contribution < -0.4 is 14.4 Å². The molecule has 0 fully saturated rings. The fourth-order valence-corrected chi connectivity index (χ4v) is 4.12. The van der Waals surface area contributed by atoms with Crippen LogP contribution in [0.5, 0.6) is 5.75 Å². The van der Waals surface area contributed by atoms with Crippen molar-refractivity contribution in [2.45, 2.75) is 4.90 Å². The van der Waals surface area contributed by atoms with Gasteiger partial charge in [0.1, 0.15) is 18.1 Å². The van der Waals surface area contributed by atoms with Gasteiger partial charge >= 0.3 is 0 Å². The summed E-state index contributed by atoms with van der Waals surface area (Å²) in [6.07, 6.45) is 0. The first kappa shape index (κ1) is 22.2. The van der Waals surface area contributed by atoms with Crippen LogP contribution in [0.2, 0.25) is 0 Å². The Morgan fingerprint density at radius 3 is 2.16 bits per heavy atom. The second kappa shape index (κ2) is 9.09. The van der Waals surface area contributed by atoms with Crippen LogP contribution in [0.1, 0.15) is 0 Å². The topological polar surface area (TPSA) is 75.7 Å². The van der Waals surface area contributed by atoms with Crippen molar-refractivity contribution in [2.75, 3.05) is 23.3 Å². The smallest absolute Gasteiger partial charge is 0.264 e. The van der Waals surface area contributed by atoms with Crippen molar-refractivity contribution in [2.24, 2.45) is 0 Å². The number of carbonyl (C=O) groups excluding carboxylic acids is 1. The van der Waals surface area contributed by atoms with E-state index in [1.54, 1.807) is 0 Å². The highest BCUT2D eigenvalue weighted by Gasteiger charge is 2.27. The summed E-state index contributed by atoms with van der Waals surface area (Å²) >= 11 is 0. The molecule has 1 amide bonds. The fourth-order valence-electron chi connectivity index (χ4n) is 2.70. The fraction of sp³-hybridized carbons (Fsp3) is 0.0952. The lowest BCUT2D eigenvalue weighted by Gasteiger charge is -2.24. The van der Waals surface area contributed by atoms with E-state index in [1.807, 2.05) is 0 Å². The third-order valence-electron chi connectivity index (χ3n) is 4.25. The Morgan fingerprint density at radius 2 is 1.58 bits per heavy atom. The lowest BCUT2D eigenvalue weighted by atomic mass is 10.3. The minimum Gasteiger partial charge on any atom is -0.497 e. The molecule has 0 bridgehead atoms. The standard InChI is InChI=1S/C21H17F3N2O4S/c1-30-17-7-9-18(10-8-17)31(28,29)26(16-5-2-14(22)3-6-16)13-21(27)25-15-4-11-19(23)20(24)12-15/h2-12H,13H2,1H3,(H,25,27). The van der Waals surface area contributed by atoms with Crippen LogP contribution >= 0.6 is 0 Å². The van der Waals surface area contributed by atoms with Gasteiger partial charge in [-0.05, 0) is 60.7 Å². The number of rotatable bonds is 7. The van der Waals surface area contributed by atoms with Crippen molar-refractivity contribution in [3.05, 3.63) is 84.2 Å². The predicted octanol–water partition coefficient (Wildman–Crippen LogP) is 3.95. The first-order chi connectivity index (χ1) is 14.7. The van der Waals surface area contributed by atoms with E-state index in [1.165, 1.54) is 43.5 Å². The second-order valence-corrected chi connectivity index (χ2v) is 8.20. The number of anilines is 2. The second-order valence-electron chi connectivity index (χ2n) is 6.34. The minimum atomic E-state index is -4.23. The molecule has 0 atom stereocenters. The molecule has 0 unspecified atom stereocenters. The van der Waals surface area contributed by atoms with Crippen molar-refractivity contribution >= 4 is 27.3 Å². The van der Waals surface area contributed by atoms with Crippen LogP contribution in [0.25, 0.3) is 0 Å². The van der Waals surface area contributed by atoms with E-state index in [4.69, 9.17) is 4.74 Å². The Kier molecular flexibility index (Phi) is 6.50. The maximum Gasteiger partial charge on any atom is 0.264 e. The maximum absolute atomic E-state index is 13.4. The summed E-state index contributed by atoms with van der Waals surface area (Å²) in [5.41, 5.74) is -0.0116. The third kappa shape index (κ3) is 5.15. The van der Waals surface area contributed by atoms with Gasteiger partial charge in [0.05, 0.1) is 17.7 Å². The Morgan fingerprint density at radius 1 is 0.935 bits per heavy atom. The van der Waals surface area contributed by atoms with Crippen LogP contribution in [0.3, 0.4) is 0 Å². The Hall–Kier alpha value is -3.53. The summed E-state index contributed by atoms with van der Waals surface area (Å²) in [6, 6.07) is 12.8. The highest BCUT2D eigenvalue weighted by Crippen LogP contribution is 2.25. The molecule has 0 saturated carbocycles. The van der Waals surface area contributed by atoms with Crippen molar-refractivity contribution in [3.63, 3.8) is 0 Å². The van der Waals surface area contributed by atoms with E-state index in [-0.39, 0.29) is 16.3 Å². The lowest BCUT2D eigenvalue weighted by molar-refractivity contribution is -0.114. The molecule has 0 aliphatic heterocycles. The van der Waals surface area contributed by atoms with E-state index in [0.717, 1.165) is 34.6 Å². The number of hydrogen-bond acceptors (Lipinski definition) is 4. The largest absolute Gasteiger partial charge is 0.497 e. The number of nitrogens with one attached hydrogen (secondary N) is 1. The highest BCUT2D eigenvalue weighted by molar-refractivity contribution is 7.92. The minimum absolute atomic E-state index is 0.0395. The van der Waals surface area contributed by atoms with E-state index < -0.39 is 39.9 Å². The summed E-state index contributed by atoms with van der Waals surface area (Å²) in [7, 11) is -2.81. The Balaban J connectivity index is 1.92. The van der Waals surface area contributed by atoms with Crippen molar-refractivity contribution < 1.29 is 31.1 Å². The van der Waals surface area contributed by atoms with Gasteiger partial charge in [-0.2, -0.15) is 0 Å². The summed E-state index contributed by atoms with van der Waals surface area (Å²) in [6.45, 7) is -0.695. The van der Waals surface area contributed by atoms with Gasteiger partial charge < -0.3 is 10.1 Å². The number of halogens is 3. The van der Waals surface area contributed by atoms with Crippen LogP contribution in [-0.4, -0.2) is 28.0 Å². The van der Waals surface area contributed by atoms with Crippen LogP contribution in [0.4, 0.5) is 24.5 Å². The van der Waals surface area contributed by atoms with Gasteiger partial charge in [-0.1, -0.05) is 0 Å². The SMILES string of the molecule is COc1ccc(S(=O)(=O)N(CC(=O)Nc2ccc(F)c(F)c2)c2ccc(F)cc2)cc1. The van der Waals surface area contributed by atoms with Gasteiger partial charge in [-0.15, -0.1) is 0 Å². The van der Waals surface area contributed by atoms with Crippen molar-refractivity contribution in [3.8, 4) is 5.75 Å². The number of benzene rings is 3. The molecule has 162 valence electrons. The number of nitrogens with zero attached hydrogens (tertiary/aromatic N) is 1. The summed E-state index contributed by atoms with van der Waals surface area (Å²) < 4.78 is 72.0. The van der Waals surface area contributed by atoms with E-state index in [9.17, 15) is 26.4 Å². The monoisotopic (exact) mass is 450 g/mol. The average Bonchev–Trinajstić information content (AvgIpc) is 2.75. The molecule has 0 aliphatic rings. The molecule has 0 radical (unpaired) electrons.